The monoisotopic (exact) mass is 205 g/mol. The van der Waals surface area contributed by atoms with E-state index < -0.39 is 5.92 Å². The molecule has 78 valence electrons. The van der Waals surface area contributed by atoms with Gasteiger partial charge in [0, 0.05) is 5.56 Å². The van der Waals surface area contributed by atoms with E-state index in [0.29, 0.717) is 0 Å². The van der Waals surface area contributed by atoms with E-state index in [2.05, 4.69) is 0 Å². The summed E-state index contributed by atoms with van der Waals surface area (Å²) in [5.41, 5.74) is 0.129. The maximum atomic E-state index is 11.1. The van der Waals surface area contributed by atoms with Crippen molar-refractivity contribution in [1.29, 1.82) is 5.26 Å². The lowest BCUT2D eigenvalue weighted by atomic mass is 9.95. The molecular formula is C10H9N2O3-. The smallest absolute Gasteiger partial charge is 0.151 e. The molecule has 0 aliphatic rings. The number of carbonyl (C=O) groups excluding carboxylic acids is 1. The van der Waals surface area contributed by atoms with Crippen molar-refractivity contribution < 1.29 is 10.0 Å². The van der Waals surface area contributed by atoms with Crippen LogP contribution >= 0.6 is 0 Å². The quantitative estimate of drug-likeness (QED) is 0.757. The Labute approximate surface area is 86.7 Å². The molecule has 0 spiro atoms. The van der Waals surface area contributed by atoms with E-state index in [-0.39, 0.29) is 22.3 Å². The van der Waals surface area contributed by atoms with Crippen LogP contribution in [-0.4, -0.2) is 11.0 Å². The summed E-state index contributed by atoms with van der Waals surface area (Å²) in [4.78, 5) is 11.1. The first-order valence-electron chi connectivity index (χ1n) is 4.23. The Balaban J connectivity index is 3.24. The Bertz CT molecular complexity index is 409. The lowest BCUT2D eigenvalue weighted by molar-refractivity contribution is -0.117. The molecule has 0 heterocycles. The highest BCUT2D eigenvalue weighted by Crippen LogP contribution is 2.26. The van der Waals surface area contributed by atoms with Crippen LogP contribution < -0.4 is 5.23 Å². The molecule has 0 aliphatic carbocycles. The molecule has 0 amide bonds. The number of Topliss-reactive ketones (excluding diaryl/α,β-unsaturated/α-hetero) is 1. The Morgan fingerprint density at radius 3 is 2.67 bits per heavy atom. The molecule has 0 saturated heterocycles. The van der Waals surface area contributed by atoms with Gasteiger partial charge in [-0.15, -0.1) is 0 Å². The SMILES string of the molecule is CC(=O)C(C#N)c1ccccc1N([O-])O. The zero-order valence-electron chi connectivity index (χ0n) is 8.04. The molecule has 15 heavy (non-hydrogen) atoms. The molecule has 5 nitrogen and oxygen atoms in total. The van der Waals surface area contributed by atoms with Crippen LogP contribution in [0, 0.1) is 16.5 Å². The van der Waals surface area contributed by atoms with Crippen LogP contribution in [0.3, 0.4) is 0 Å². The summed E-state index contributed by atoms with van der Waals surface area (Å²) in [6.07, 6.45) is 0. The summed E-state index contributed by atoms with van der Waals surface area (Å²) < 4.78 is 0. The predicted molar refractivity (Wildman–Crippen MR) is 53.1 cm³/mol. The molecule has 0 radical (unpaired) electrons. The number of para-hydroxylation sites is 1. The molecule has 1 rings (SSSR count). The Kier molecular flexibility index (Phi) is 3.39. The lowest BCUT2D eigenvalue weighted by Gasteiger charge is -2.25. The number of benzene rings is 1. The summed E-state index contributed by atoms with van der Waals surface area (Å²) in [7, 11) is 0. The molecule has 0 aromatic heterocycles. The van der Waals surface area contributed by atoms with Crippen LogP contribution in [0.4, 0.5) is 5.69 Å². The van der Waals surface area contributed by atoms with Crippen molar-refractivity contribution in [1.82, 2.24) is 0 Å². The number of nitriles is 1. The van der Waals surface area contributed by atoms with E-state index in [1.807, 2.05) is 0 Å². The first-order valence-corrected chi connectivity index (χ1v) is 4.23. The molecule has 0 bridgehead atoms. The lowest BCUT2D eigenvalue weighted by Crippen LogP contribution is -2.14. The Hall–Kier alpha value is -1.90. The normalized spacial score (nSPS) is 11.6. The minimum Gasteiger partial charge on any atom is -0.733 e. The maximum Gasteiger partial charge on any atom is 0.151 e. The predicted octanol–water partition coefficient (Wildman–Crippen LogP) is 1.58. The van der Waals surface area contributed by atoms with E-state index in [9.17, 15) is 10.0 Å². The summed E-state index contributed by atoms with van der Waals surface area (Å²) in [6.45, 7) is 1.26. The van der Waals surface area contributed by atoms with Gasteiger partial charge in [0.05, 0.1) is 11.8 Å². The highest BCUT2D eigenvalue weighted by atomic mass is 16.8. The Morgan fingerprint density at radius 1 is 1.60 bits per heavy atom. The van der Waals surface area contributed by atoms with Crippen LogP contribution in [0.2, 0.25) is 0 Å². The average molecular weight is 205 g/mol. The van der Waals surface area contributed by atoms with Crippen LogP contribution in [0.1, 0.15) is 18.4 Å². The second-order valence-corrected chi connectivity index (χ2v) is 3.00. The summed E-state index contributed by atoms with van der Waals surface area (Å²) in [6, 6.07) is 7.72. The minimum absolute atomic E-state index is 0.0840. The fourth-order valence-electron chi connectivity index (χ4n) is 1.29. The number of anilines is 1. The van der Waals surface area contributed by atoms with Gasteiger partial charge >= 0.3 is 0 Å². The van der Waals surface area contributed by atoms with Gasteiger partial charge in [0.15, 0.2) is 5.78 Å². The van der Waals surface area contributed by atoms with Gasteiger partial charge in [-0.1, -0.05) is 18.2 Å². The van der Waals surface area contributed by atoms with E-state index in [1.165, 1.54) is 25.1 Å². The van der Waals surface area contributed by atoms with Gasteiger partial charge in [0.25, 0.3) is 0 Å². The summed E-state index contributed by atoms with van der Waals surface area (Å²) in [5.74, 6) is -1.39. The molecule has 5 heteroatoms. The van der Waals surface area contributed by atoms with E-state index in [1.54, 1.807) is 12.1 Å². The molecule has 1 unspecified atom stereocenters. The van der Waals surface area contributed by atoms with Crippen molar-refractivity contribution in [2.75, 3.05) is 5.23 Å². The molecule has 0 aliphatic heterocycles. The molecule has 1 aromatic rings. The van der Waals surface area contributed by atoms with Crippen LogP contribution in [0.15, 0.2) is 24.3 Å². The van der Waals surface area contributed by atoms with Gasteiger partial charge in [-0.25, -0.2) is 0 Å². The zero-order valence-corrected chi connectivity index (χ0v) is 8.04. The average Bonchev–Trinajstić information content (AvgIpc) is 2.18. The third-order valence-electron chi connectivity index (χ3n) is 1.99. The standard InChI is InChI=1S/C10H9N2O3/c1-7(13)9(6-11)8-4-2-3-5-10(8)12(14)15/h2-5,9,14H,1H3/q-1. The number of nitrogens with zero attached hydrogens (tertiary/aromatic N) is 2. The number of ketones is 1. The van der Waals surface area contributed by atoms with Crippen LogP contribution in [0.25, 0.3) is 0 Å². The molecule has 1 N–H and O–H groups in total. The third-order valence-corrected chi connectivity index (χ3v) is 1.99. The van der Waals surface area contributed by atoms with Crippen molar-refractivity contribution in [3.63, 3.8) is 0 Å². The minimum atomic E-state index is -1.02. The van der Waals surface area contributed by atoms with Crippen molar-refractivity contribution in [2.45, 2.75) is 12.8 Å². The van der Waals surface area contributed by atoms with Gasteiger partial charge in [-0.3, -0.25) is 10.0 Å². The topological polar surface area (TPSA) is 87.4 Å². The van der Waals surface area contributed by atoms with Crippen molar-refractivity contribution >= 4 is 11.5 Å². The molecule has 1 aromatic carbocycles. The number of rotatable bonds is 3. The van der Waals surface area contributed by atoms with Gasteiger partial charge in [-0.05, 0) is 13.0 Å². The molecule has 0 saturated carbocycles. The number of carbonyl (C=O) groups is 1. The third kappa shape index (κ3) is 2.31. The Morgan fingerprint density at radius 2 is 2.20 bits per heavy atom. The number of hydrogen-bond donors (Lipinski definition) is 1. The van der Waals surface area contributed by atoms with Crippen molar-refractivity contribution in [2.24, 2.45) is 0 Å². The zero-order chi connectivity index (χ0) is 11.4. The molecular weight excluding hydrogens is 196 g/mol. The van der Waals surface area contributed by atoms with E-state index >= 15 is 0 Å². The van der Waals surface area contributed by atoms with Crippen molar-refractivity contribution in [3.8, 4) is 6.07 Å². The fraction of sp³-hybridized carbons (Fsp3) is 0.200. The highest BCUT2D eigenvalue weighted by Gasteiger charge is 2.19. The van der Waals surface area contributed by atoms with Crippen molar-refractivity contribution in [3.05, 3.63) is 35.0 Å². The first kappa shape index (κ1) is 11.2. The largest absolute Gasteiger partial charge is 0.733 e. The fourth-order valence-corrected chi connectivity index (χ4v) is 1.29. The molecule has 0 fully saturated rings. The second kappa shape index (κ2) is 4.55. The van der Waals surface area contributed by atoms with Gasteiger partial charge < -0.3 is 10.4 Å². The maximum absolute atomic E-state index is 11.1. The first-order chi connectivity index (χ1) is 7.07. The number of hydrogen-bond acceptors (Lipinski definition) is 5. The summed E-state index contributed by atoms with van der Waals surface area (Å²) >= 11 is 0. The van der Waals surface area contributed by atoms with Gasteiger partial charge in [-0.2, -0.15) is 5.26 Å². The van der Waals surface area contributed by atoms with Crippen LogP contribution in [-0.2, 0) is 4.79 Å². The second-order valence-electron chi connectivity index (χ2n) is 3.00. The van der Waals surface area contributed by atoms with Crippen LogP contribution in [0.5, 0.6) is 0 Å². The summed E-state index contributed by atoms with van der Waals surface area (Å²) in [5, 5.41) is 28.0. The van der Waals surface area contributed by atoms with E-state index in [0.717, 1.165) is 0 Å². The highest BCUT2D eigenvalue weighted by molar-refractivity contribution is 5.88. The van der Waals surface area contributed by atoms with Gasteiger partial charge in [0.2, 0.25) is 0 Å². The molecule has 1 atom stereocenters. The van der Waals surface area contributed by atoms with E-state index in [4.69, 9.17) is 10.5 Å². The van der Waals surface area contributed by atoms with Gasteiger partial charge in [0.1, 0.15) is 5.92 Å².